The van der Waals surface area contributed by atoms with Gasteiger partial charge in [0.2, 0.25) is 5.89 Å². The van der Waals surface area contributed by atoms with E-state index in [1.165, 1.54) is 0 Å². The second-order valence-corrected chi connectivity index (χ2v) is 8.39. The van der Waals surface area contributed by atoms with Crippen molar-refractivity contribution >= 4 is 17.2 Å². The van der Waals surface area contributed by atoms with Gasteiger partial charge in [-0.15, -0.1) is 21.5 Å². The Balaban J connectivity index is 1.26. The van der Waals surface area contributed by atoms with Crippen LogP contribution >= 0.6 is 11.3 Å². The van der Waals surface area contributed by atoms with Gasteiger partial charge in [0.1, 0.15) is 0 Å². The first-order chi connectivity index (χ1) is 14.8. The van der Waals surface area contributed by atoms with Crippen molar-refractivity contribution in [2.24, 2.45) is 0 Å². The molecular weight excluding hydrogens is 398 g/mol. The average Bonchev–Trinajstić information content (AvgIpc) is 3.56. The molecule has 0 bridgehead atoms. The SMILES string of the molecule is O=C(c1ccc(Cn2ccnc2)cc1)N1CCCC(c2nnc(-c3cccs3)o2)C1. The fraction of sp³-hybridized carbons (Fsp3) is 0.273. The zero-order chi connectivity index (χ0) is 20.3. The van der Waals surface area contributed by atoms with E-state index in [-0.39, 0.29) is 11.8 Å². The lowest BCUT2D eigenvalue weighted by molar-refractivity contribution is 0.0698. The van der Waals surface area contributed by atoms with Gasteiger partial charge in [-0.05, 0) is 42.0 Å². The van der Waals surface area contributed by atoms with E-state index in [0.29, 0.717) is 23.9 Å². The highest BCUT2D eigenvalue weighted by atomic mass is 32.1. The summed E-state index contributed by atoms with van der Waals surface area (Å²) in [5.74, 6) is 1.29. The maximum Gasteiger partial charge on any atom is 0.257 e. The summed E-state index contributed by atoms with van der Waals surface area (Å²) in [6.07, 6.45) is 7.34. The molecule has 1 aliphatic heterocycles. The number of hydrogen-bond donors (Lipinski definition) is 0. The normalized spacial score (nSPS) is 16.7. The van der Waals surface area contributed by atoms with Gasteiger partial charge >= 0.3 is 0 Å². The smallest absolute Gasteiger partial charge is 0.257 e. The Morgan fingerprint density at radius 1 is 1.20 bits per heavy atom. The third-order valence-electron chi connectivity index (χ3n) is 5.36. The number of thiophene rings is 1. The van der Waals surface area contributed by atoms with Crippen molar-refractivity contribution in [1.82, 2.24) is 24.6 Å². The molecule has 152 valence electrons. The van der Waals surface area contributed by atoms with Crippen molar-refractivity contribution in [3.05, 3.63) is 77.5 Å². The minimum absolute atomic E-state index is 0.0480. The third-order valence-corrected chi connectivity index (χ3v) is 6.21. The quantitative estimate of drug-likeness (QED) is 0.487. The van der Waals surface area contributed by atoms with E-state index in [1.54, 1.807) is 23.9 Å². The standard InChI is InChI=1S/C22H21N5O2S/c28-22(17-7-5-16(6-8-17)13-26-11-9-23-15-26)27-10-1-3-18(14-27)20-24-25-21(29-20)19-4-2-12-30-19/h2,4-9,11-12,15,18H,1,3,10,13-14H2. The lowest BCUT2D eigenvalue weighted by atomic mass is 9.97. The largest absolute Gasteiger partial charge is 0.420 e. The van der Waals surface area contributed by atoms with Gasteiger partial charge < -0.3 is 13.9 Å². The van der Waals surface area contributed by atoms with Crippen molar-refractivity contribution < 1.29 is 9.21 Å². The third kappa shape index (κ3) is 3.91. The molecule has 1 fully saturated rings. The second-order valence-electron chi connectivity index (χ2n) is 7.45. The Morgan fingerprint density at radius 2 is 2.10 bits per heavy atom. The molecule has 1 atom stereocenters. The molecule has 0 spiro atoms. The molecule has 7 nitrogen and oxygen atoms in total. The monoisotopic (exact) mass is 419 g/mol. The van der Waals surface area contributed by atoms with Crippen LogP contribution in [0.5, 0.6) is 0 Å². The fourth-order valence-corrected chi connectivity index (χ4v) is 4.43. The van der Waals surface area contributed by atoms with Gasteiger partial charge in [0.05, 0.1) is 17.1 Å². The van der Waals surface area contributed by atoms with Crippen LogP contribution < -0.4 is 0 Å². The summed E-state index contributed by atoms with van der Waals surface area (Å²) < 4.78 is 7.91. The lowest BCUT2D eigenvalue weighted by Gasteiger charge is -2.31. The highest BCUT2D eigenvalue weighted by Gasteiger charge is 2.29. The van der Waals surface area contributed by atoms with Crippen molar-refractivity contribution in [3.63, 3.8) is 0 Å². The second kappa shape index (κ2) is 8.23. The Bertz CT molecular complexity index is 1100. The van der Waals surface area contributed by atoms with Crippen LogP contribution in [-0.2, 0) is 6.54 Å². The van der Waals surface area contributed by atoms with Gasteiger partial charge in [0, 0.05) is 37.6 Å². The number of imidazole rings is 1. The number of carbonyl (C=O) groups excluding carboxylic acids is 1. The molecule has 4 aromatic rings. The molecule has 3 aromatic heterocycles. The Kier molecular flexibility index (Phi) is 5.15. The van der Waals surface area contributed by atoms with Crippen molar-refractivity contribution in [3.8, 4) is 10.8 Å². The van der Waals surface area contributed by atoms with E-state index in [9.17, 15) is 4.79 Å². The van der Waals surface area contributed by atoms with Crippen LogP contribution in [0.4, 0.5) is 0 Å². The maximum atomic E-state index is 13.0. The number of carbonyl (C=O) groups is 1. The summed E-state index contributed by atoms with van der Waals surface area (Å²) in [7, 11) is 0. The number of aromatic nitrogens is 4. The van der Waals surface area contributed by atoms with Crippen LogP contribution in [0.15, 0.2) is 64.9 Å². The number of benzene rings is 1. The van der Waals surface area contributed by atoms with Gasteiger partial charge in [-0.3, -0.25) is 4.79 Å². The number of likely N-dealkylation sites (tertiary alicyclic amines) is 1. The predicted molar refractivity (Wildman–Crippen MR) is 113 cm³/mol. The number of nitrogens with zero attached hydrogens (tertiary/aromatic N) is 5. The Morgan fingerprint density at radius 3 is 2.87 bits per heavy atom. The van der Waals surface area contributed by atoms with Crippen LogP contribution in [0.2, 0.25) is 0 Å². The van der Waals surface area contributed by atoms with Crippen LogP contribution in [0.25, 0.3) is 10.8 Å². The topological polar surface area (TPSA) is 77.1 Å². The number of hydrogen-bond acceptors (Lipinski definition) is 6. The minimum Gasteiger partial charge on any atom is -0.420 e. The molecule has 1 saturated heterocycles. The molecule has 1 unspecified atom stereocenters. The molecule has 4 heterocycles. The van der Waals surface area contributed by atoms with E-state index >= 15 is 0 Å². The lowest BCUT2D eigenvalue weighted by Crippen LogP contribution is -2.39. The first kappa shape index (κ1) is 18.7. The van der Waals surface area contributed by atoms with Crippen molar-refractivity contribution in [1.29, 1.82) is 0 Å². The van der Waals surface area contributed by atoms with E-state index < -0.39 is 0 Å². The summed E-state index contributed by atoms with van der Waals surface area (Å²) in [6, 6.07) is 11.7. The van der Waals surface area contributed by atoms with Gasteiger partial charge in [0.15, 0.2) is 0 Å². The van der Waals surface area contributed by atoms with Gasteiger partial charge in [-0.1, -0.05) is 18.2 Å². The molecule has 0 radical (unpaired) electrons. The van der Waals surface area contributed by atoms with Crippen LogP contribution in [0, 0.1) is 0 Å². The number of amides is 1. The summed E-state index contributed by atoms with van der Waals surface area (Å²) in [5, 5.41) is 10.4. The number of piperidine rings is 1. The first-order valence-corrected chi connectivity index (χ1v) is 10.9. The molecule has 0 N–H and O–H groups in total. The van der Waals surface area contributed by atoms with Crippen LogP contribution in [-0.4, -0.2) is 43.6 Å². The van der Waals surface area contributed by atoms with Crippen molar-refractivity contribution in [2.75, 3.05) is 13.1 Å². The molecule has 0 aliphatic carbocycles. The van der Waals surface area contributed by atoms with E-state index in [1.807, 2.05) is 57.4 Å². The van der Waals surface area contributed by atoms with E-state index in [4.69, 9.17) is 4.42 Å². The molecule has 1 aliphatic rings. The molecule has 30 heavy (non-hydrogen) atoms. The molecule has 1 aromatic carbocycles. The molecule has 5 rings (SSSR count). The van der Waals surface area contributed by atoms with Gasteiger partial charge in [-0.2, -0.15) is 0 Å². The summed E-state index contributed by atoms with van der Waals surface area (Å²) in [6.45, 7) is 2.09. The van der Waals surface area contributed by atoms with Crippen molar-refractivity contribution in [2.45, 2.75) is 25.3 Å². The number of rotatable bonds is 5. The average molecular weight is 420 g/mol. The van der Waals surface area contributed by atoms with E-state index in [2.05, 4.69) is 15.2 Å². The molecular formula is C22H21N5O2S. The maximum absolute atomic E-state index is 13.0. The minimum atomic E-state index is 0.0480. The molecule has 1 amide bonds. The van der Waals surface area contributed by atoms with Gasteiger partial charge in [-0.25, -0.2) is 4.98 Å². The zero-order valence-electron chi connectivity index (χ0n) is 16.3. The van der Waals surface area contributed by atoms with Crippen LogP contribution in [0.3, 0.4) is 0 Å². The Labute approximate surface area is 178 Å². The fourth-order valence-electron chi connectivity index (χ4n) is 3.79. The van der Waals surface area contributed by atoms with E-state index in [0.717, 1.165) is 36.4 Å². The summed E-state index contributed by atoms with van der Waals surface area (Å²) >= 11 is 1.57. The molecule has 0 saturated carbocycles. The molecule has 8 heteroatoms. The predicted octanol–water partition coefficient (Wildman–Crippen LogP) is 4.06. The Hall–Kier alpha value is -3.26. The summed E-state index contributed by atoms with van der Waals surface area (Å²) in [5.41, 5.74) is 1.84. The van der Waals surface area contributed by atoms with Crippen LogP contribution in [0.1, 0.15) is 40.6 Å². The van der Waals surface area contributed by atoms with Gasteiger partial charge in [0.25, 0.3) is 11.8 Å². The zero-order valence-corrected chi connectivity index (χ0v) is 17.2. The summed E-state index contributed by atoms with van der Waals surface area (Å²) in [4.78, 5) is 20.0. The highest BCUT2D eigenvalue weighted by Crippen LogP contribution is 2.30. The first-order valence-electron chi connectivity index (χ1n) is 9.97. The highest BCUT2D eigenvalue weighted by molar-refractivity contribution is 7.13.